The summed E-state index contributed by atoms with van der Waals surface area (Å²) < 4.78 is 6.05. The first-order valence-corrected chi connectivity index (χ1v) is 19.1. The molecule has 2 atom stereocenters. The van der Waals surface area contributed by atoms with Crippen LogP contribution in [0.3, 0.4) is 0 Å². The Morgan fingerprint density at radius 3 is 1.24 bits per heavy atom. The molecular weight excluding hydrogens is 496 g/mol. The van der Waals surface area contributed by atoms with Gasteiger partial charge in [0.2, 0.25) is 0 Å². The Morgan fingerprint density at radius 2 is 0.878 bits per heavy atom. The molecule has 1 heteroatoms. The maximum absolute atomic E-state index is 6.05. The molecule has 1 nitrogen and oxygen atoms in total. The summed E-state index contributed by atoms with van der Waals surface area (Å²) in [5.41, 5.74) is 3.46. The van der Waals surface area contributed by atoms with Crippen molar-refractivity contribution in [2.75, 3.05) is 13.2 Å². The molecule has 4 rings (SSSR count). The van der Waals surface area contributed by atoms with Gasteiger partial charge in [-0.15, -0.1) is 0 Å². The second kappa shape index (κ2) is 19.7. The summed E-state index contributed by atoms with van der Waals surface area (Å²) in [4.78, 5) is 0. The lowest BCUT2D eigenvalue weighted by Gasteiger charge is -2.28. The van der Waals surface area contributed by atoms with Crippen molar-refractivity contribution in [3.8, 4) is 0 Å². The van der Waals surface area contributed by atoms with Gasteiger partial charge in [0.15, 0.2) is 0 Å². The van der Waals surface area contributed by atoms with E-state index >= 15 is 0 Å². The highest BCUT2D eigenvalue weighted by Gasteiger charge is 2.22. The summed E-state index contributed by atoms with van der Waals surface area (Å²) in [6.07, 6.45) is 42.5. The molecule has 0 heterocycles. The van der Waals surface area contributed by atoms with Gasteiger partial charge in [0.1, 0.15) is 0 Å². The summed E-state index contributed by atoms with van der Waals surface area (Å²) in [6, 6.07) is 0. The Morgan fingerprint density at radius 1 is 0.488 bits per heavy atom. The van der Waals surface area contributed by atoms with Crippen LogP contribution in [-0.2, 0) is 4.74 Å². The van der Waals surface area contributed by atoms with E-state index in [4.69, 9.17) is 4.74 Å². The largest absolute Gasteiger partial charge is 0.381 e. The van der Waals surface area contributed by atoms with E-state index in [0.717, 1.165) is 48.7 Å². The Bertz CT molecular complexity index is 670. The molecule has 4 aliphatic carbocycles. The third-order valence-electron chi connectivity index (χ3n) is 12.3. The molecule has 0 spiro atoms. The van der Waals surface area contributed by atoms with Crippen LogP contribution >= 0.6 is 0 Å². The average Bonchev–Trinajstić information content (AvgIpc) is 3.02. The molecule has 0 N–H and O–H groups in total. The van der Waals surface area contributed by atoms with Crippen molar-refractivity contribution < 1.29 is 4.74 Å². The highest BCUT2D eigenvalue weighted by molar-refractivity contribution is 5.07. The van der Waals surface area contributed by atoms with Gasteiger partial charge in [-0.05, 0) is 99.7 Å². The Hall–Kier alpha value is -0.560. The van der Waals surface area contributed by atoms with Gasteiger partial charge in [-0.2, -0.15) is 0 Å². The number of allylic oxidation sites excluding steroid dienone is 4. The number of ether oxygens (including phenoxy) is 1. The quantitative estimate of drug-likeness (QED) is 0.118. The highest BCUT2D eigenvalue weighted by Crippen LogP contribution is 2.37. The standard InChI is InChI=1S/C40H70O/c1-3-33-15-19-35(20-16-33)9-5-11-37-23-27-39(28-24-37)13-7-31-41-32-8-14-40-29-25-38(26-30-40)12-6-10-36-21-17-34(4-2)18-22-36/h27,29,33-38H,3-26,28,30-32H2,1-2H3. The fourth-order valence-corrected chi connectivity index (χ4v) is 9.02. The fraction of sp³-hybridized carbons (Fsp3) is 0.900. The first-order chi connectivity index (χ1) is 20.2. The molecule has 0 aromatic heterocycles. The van der Waals surface area contributed by atoms with E-state index in [-0.39, 0.29) is 0 Å². The molecule has 0 amide bonds. The normalized spacial score (nSPS) is 31.1. The predicted molar refractivity (Wildman–Crippen MR) is 179 cm³/mol. The van der Waals surface area contributed by atoms with Gasteiger partial charge in [0, 0.05) is 13.2 Å². The molecule has 0 radical (unpaired) electrons. The van der Waals surface area contributed by atoms with Crippen molar-refractivity contribution in [2.45, 2.75) is 181 Å². The number of rotatable bonds is 18. The van der Waals surface area contributed by atoms with Crippen molar-refractivity contribution in [3.63, 3.8) is 0 Å². The molecule has 2 saturated carbocycles. The minimum absolute atomic E-state index is 0.961. The van der Waals surface area contributed by atoms with E-state index in [2.05, 4.69) is 26.0 Å². The third kappa shape index (κ3) is 12.9. The highest BCUT2D eigenvalue weighted by atomic mass is 16.5. The van der Waals surface area contributed by atoms with Crippen molar-refractivity contribution in [2.24, 2.45) is 35.5 Å². The molecule has 41 heavy (non-hydrogen) atoms. The summed E-state index contributed by atoms with van der Waals surface area (Å²) in [7, 11) is 0. The Labute approximate surface area is 257 Å². The summed E-state index contributed by atoms with van der Waals surface area (Å²) in [6.45, 7) is 6.68. The number of hydrogen-bond acceptors (Lipinski definition) is 1. The van der Waals surface area contributed by atoms with Crippen LogP contribution in [0, 0.1) is 35.5 Å². The Kier molecular flexibility index (Phi) is 16.0. The lowest BCUT2D eigenvalue weighted by atomic mass is 9.78. The minimum Gasteiger partial charge on any atom is -0.381 e. The van der Waals surface area contributed by atoms with Crippen molar-refractivity contribution in [1.29, 1.82) is 0 Å². The molecule has 0 bridgehead atoms. The Balaban J connectivity index is 0.933. The second-order valence-corrected chi connectivity index (χ2v) is 15.3. The maximum Gasteiger partial charge on any atom is 0.0469 e. The zero-order chi connectivity index (χ0) is 28.5. The monoisotopic (exact) mass is 567 g/mol. The van der Waals surface area contributed by atoms with Gasteiger partial charge >= 0.3 is 0 Å². The van der Waals surface area contributed by atoms with Crippen LogP contribution in [0.15, 0.2) is 23.3 Å². The van der Waals surface area contributed by atoms with Crippen LogP contribution in [0.1, 0.15) is 181 Å². The van der Waals surface area contributed by atoms with Gasteiger partial charge in [0.25, 0.3) is 0 Å². The van der Waals surface area contributed by atoms with E-state index in [1.165, 1.54) is 167 Å². The zero-order valence-electron chi connectivity index (χ0n) is 27.8. The van der Waals surface area contributed by atoms with Crippen LogP contribution in [-0.4, -0.2) is 13.2 Å². The summed E-state index contributed by atoms with van der Waals surface area (Å²) in [5, 5.41) is 0. The first-order valence-electron chi connectivity index (χ1n) is 19.1. The zero-order valence-corrected chi connectivity index (χ0v) is 27.8. The predicted octanol–water partition coefficient (Wildman–Crippen LogP) is 12.8. The van der Waals surface area contributed by atoms with Crippen LogP contribution in [0.2, 0.25) is 0 Å². The van der Waals surface area contributed by atoms with Gasteiger partial charge in [0.05, 0.1) is 0 Å². The second-order valence-electron chi connectivity index (χ2n) is 15.3. The molecule has 2 fully saturated rings. The van der Waals surface area contributed by atoms with Gasteiger partial charge in [-0.3, -0.25) is 0 Å². The van der Waals surface area contributed by atoms with Crippen LogP contribution in [0.4, 0.5) is 0 Å². The van der Waals surface area contributed by atoms with Crippen molar-refractivity contribution in [3.05, 3.63) is 23.3 Å². The molecule has 0 aliphatic heterocycles. The summed E-state index contributed by atoms with van der Waals surface area (Å²) >= 11 is 0. The molecule has 0 saturated heterocycles. The molecule has 0 aromatic rings. The lowest BCUT2D eigenvalue weighted by Crippen LogP contribution is -2.14. The SMILES string of the molecule is CCC1CCC(CCCC2CC=C(CCCOCCCC3=CCC(CCCC4CCC(CC)CC4)CC3)CC2)CC1. The first kappa shape index (κ1) is 33.3. The summed E-state index contributed by atoms with van der Waals surface area (Å²) in [5.74, 6) is 6.15. The molecular formula is C40H70O. The lowest BCUT2D eigenvalue weighted by molar-refractivity contribution is 0.129. The van der Waals surface area contributed by atoms with Crippen LogP contribution in [0.25, 0.3) is 0 Å². The molecule has 0 aromatic carbocycles. The molecule has 4 aliphatic rings. The van der Waals surface area contributed by atoms with Gasteiger partial charge < -0.3 is 4.74 Å². The van der Waals surface area contributed by atoms with E-state index in [9.17, 15) is 0 Å². The van der Waals surface area contributed by atoms with Gasteiger partial charge in [-0.25, -0.2) is 0 Å². The smallest absolute Gasteiger partial charge is 0.0469 e. The van der Waals surface area contributed by atoms with E-state index in [1.54, 1.807) is 11.1 Å². The third-order valence-corrected chi connectivity index (χ3v) is 12.3. The van der Waals surface area contributed by atoms with E-state index in [0.29, 0.717) is 0 Å². The topological polar surface area (TPSA) is 9.23 Å². The van der Waals surface area contributed by atoms with Crippen molar-refractivity contribution >= 4 is 0 Å². The van der Waals surface area contributed by atoms with Crippen molar-refractivity contribution in [1.82, 2.24) is 0 Å². The average molecular weight is 567 g/mol. The van der Waals surface area contributed by atoms with E-state index in [1.807, 2.05) is 0 Å². The van der Waals surface area contributed by atoms with Crippen LogP contribution < -0.4 is 0 Å². The molecule has 236 valence electrons. The maximum atomic E-state index is 6.05. The fourth-order valence-electron chi connectivity index (χ4n) is 9.02. The van der Waals surface area contributed by atoms with E-state index < -0.39 is 0 Å². The van der Waals surface area contributed by atoms with Gasteiger partial charge in [-0.1, -0.05) is 140 Å². The molecule has 2 unspecified atom stereocenters. The number of hydrogen-bond donors (Lipinski definition) is 0. The minimum atomic E-state index is 0.961. The van der Waals surface area contributed by atoms with Crippen LogP contribution in [0.5, 0.6) is 0 Å².